The number of rotatable bonds is 4. The van der Waals surface area contributed by atoms with Crippen LogP contribution in [0.2, 0.25) is 0 Å². The van der Waals surface area contributed by atoms with Gasteiger partial charge in [-0.1, -0.05) is 54.8 Å². The van der Waals surface area contributed by atoms with Crippen molar-refractivity contribution in [1.29, 1.82) is 0 Å². The molecule has 0 N–H and O–H groups in total. The highest BCUT2D eigenvalue weighted by molar-refractivity contribution is 5.99. The number of benzene rings is 1. The standard InChI is InChI=1S/C20H26/c1-6-7-13-17-18(14(2)3)19(15(4)5)20(17)16-11-9-8-10-12-16/h8-12H,6-7,13H2,1-5H3. The molecule has 1 aliphatic rings. The molecule has 0 fully saturated rings. The minimum atomic E-state index is 1.21. The van der Waals surface area contributed by atoms with Crippen LogP contribution < -0.4 is 0 Å². The fourth-order valence-electron chi connectivity index (χ4n) is 3.07. The monoisotopic (exact) mass is 266 g/mol. The van der Waals surface area contributed by atoms with E-state index in [0.717, 1.165) is 0 Å². The molecule has 1 aromatic rings. The van der Waals surface area contributed by atoms with Gasteiger partial charge in [0.05, 0.1) is 0 Å². The van der Waals surface area contributed by atoms with Crippen LogP contribution in [0.15, 0.2) is 58.2 Å². The van der Waals surface area contributed by atoms with Crippen molar-refractivity contribution in [3.8, 4) is 0 Å². The quantitative estimate of drug-likeness (QED) is 0.598. The summed E-state index contributed by atoms with van der Waals surface area (Å²) in [4.78, 5) is 0. The molecule has 0 spiro atoms. The summed E-state index contributed by atoms with van der Waals surface area (Å²) in [6, 6.07) is 10.9. The molecule has 0 heterocycles. The van der Waals surface area contributed by atoms with Crippen LogP contribution in [0.1, 0.15) is 59.4 Å². The summed E-state index contributed by atoms with van der Waals surface area (Å²) < 4.78 is 0. The van der Waals surface area contributed by atoms with Crippen LogP contribution in [-0.4, -0.2) is 0 Å². The van der Waals surface area contributed by atoms with Crippen LogP contribution in [-0.2, 0) is 0 Å². The Morgan fingerprint density at radius 3 is 1.95 bits per heavy atom. The predicted molar refractivity (Wildman–Crippen MR) is 89.6 cm³/mol. The lowest BCUT2D eigenvalue weighted by Gasteiger charge is -2.34. The summed E-state index contributed by atoms with van der Waals surface area (Å²) in [7, 11) is 0. The van der Waals surface area contributed by atoms with Gasteiger partial charge in [0, 0.05) is 0 Å². The van der Waals surface area contributed by atoms with Crippen molar-refractivity contribution in [2.45, 2.75) is 53.9 Å². The van der Waals surface area contributed by atoms with Crippen molar-refractivity contribution < 1.29 is 0 Å². The minimum absolute atomic E-state index is 1.21. The Hall–Kier alpha value is -1.56. The Morgan fingerprint density at radius 1 is 0.850 bits per heavy atom. The second-order valence-electron chi connectivity index (χ2n) is 6.07. The predicted octanol–water partition coefficient (Wildman–Crippen LogP) is 6.32. The molecule has 0 nitrogen and oxygen atoms in total. The normalized spacial score (nSPS) is 14.4. The number of unbranched alkanes of at least 4 members (excludes halogenated alkanes) is 1. The number of hydrogen-bond donors (Lipinski definition) is 0. The molecular formula is C20H26. The molecule has 0 aliphatic heterocycles. The van der Waals surface area contributed by atoms with E-state index in [1.165, 1.54) is 52.7 Å². The van der Waals surface area contributed by atoms with E-state index in [1.54, 1.807) is 5.57 Å². The first-order valence-corrected chi connectivity index (χ1v) is 7.72. The van der Waals surface area contributed by atoms with Gasteiger partial charge in [-0.2, -0.15) is 0 Å². The van der Waals surface area contributed by atoms with Gasteiger partial charge in [0.15, 0.2) is 0 Å². The molecule has 20 heavy (non-hydrogen) atoms. The zero-order valence-corrected chi connectivity index (χ0v) is 13.5. The summed E-state index contributed by atoms with van der Waals surface area (Å²) >= 11 is 0. The molecule has 0 saturated heterocycles. The van der Waals surface area contributed by atoms with Crippen molar-refractivity contribution in [3.63, 3.8) is 0 Å². The van der Waals surface area contributed by atoms with Crippen LogP contribution in [0.25, 0.3) is 5.57 Å². The van der Waals surface area contributed by atoms with E-state index in [4.69, 9.17) is 0 Å². The average molecular weight is 266 g/mol. The molecule has 0 saturated carbocycles. The summed E-state index contributed by atoms with van der Waals surface area (Å²) in [5, 5.41) is 0. The van der Waals surface area contributed by atoms with Crippen molar-refractivity contribution in [2.24, 2.45) is 0 Å². The van der Waals surface area contributed by atoms with Crippen LogP contribution in [0, 0.1) is 0 Å². The van der Waals surface area contributed by atoms with Gasteiger partial charge in [-0.05, 0) is 68.4 Å². The maximum atomic E-state index is 2.27. The van der Waals surface area contributed by atoms with Gasteiger partial charge in [0.25, 0.3) is 0 Å². The fraction of sp³-hybridized carbons (Fsp3) is 0.400. The average Bonchev–Trinajstić information content (AvgIpc) is 2.38. The molecule has 0 aromatic heterocycles. The maximum Gasteiger partial charge on any atom is -0.00677 e. The Kier molecular flexibility index (Phi) is 4.65. The molecule has 0 bridgehead atoms. The zero-order valence-electron chi connectivity index (χ0n) is 13.5. The first-order valence-electron chi connectivity index (χ1n) is 7.72. The lowest BCUT2D eigenvalue weighted by molar-refractivity contribution is 0.785. The second-order valence-corrected chi connectivity index (χ2v) is 6.07. The molecular weight excluding hydrogens is 240 g/mol. The Morgan fingerprint density at radius 2 is 1.45 bits per heavy atom. The van der Waals surface area contributed by atoms with Crippen LogP contribution in [0.3, 0.4) is 0 Å². The summed E-state index contributed by atoms with van der Waals surface area (Å²) in [5.74, 6) is 0. The third-order valence-electron chi connectivity index (χ3n) is 3.95. The van der Waals surface area contributed by atoms with Crippen molar-refractivity contribution in [3.05, 3.63) is 63.8 Å². The van der Waals surface area contributed by atoms with Gasteiger partial charge in [-0.15, -0.1) is 0 Å². The topological polar surface area (TPSA) is 0 Å². The summed E-state index contributed by atoms with van der Waals surface area (Å²) in [5.41, 5.74) is 10.3. The Labute approximate surface area is 123 Å². The Bertz CT molecular complexity index is 572. The van der Waals surface area contributed by atoms with E-state index >= 15 is 0 Å². The van der Waals surface area contributed by atoms with Gasteiger partial charge in [0.1, 0.15) is 0 Å². The number of hydrogen-bond acceptors (Lipinski definition) is 0. The molecule has 106 valence electrons. The van der Waals surface area contributed by atoms with E-state index in [1.807, 2.05) is 0 Å². The molecule has 0 heteroatoms. The van der Waals surface area contributed by atoms with Gasteiger partial charge in [0.2, 0.25) is 0 Å². The van der Waals surface area contributed by atoms with Crippen LogP contribution in [0.5, 0.6) is 0 Å². The lowest BCUT2D eigenvalue weighted by atomic mass is 9.69. The molecule has 0 unspecified atom stereocenters. The lowest BCUT2D eigenvalue weighted by Crippen LogP contribution is -2.15. The molecule has 0 radical (unpaired) electrons. The van der Waals surface area contributed by atoms with Crippen molar-refractivity contribution >= 4 is 5.57 Å². The zero-order chi connectivity index (χ0) is 14.7. The highest BCUT2D eigenvalue weighted by Crippen LogP contribution is 2.50. The first-order chi connectivity index (χ1) is 9.57. The molecule has 2 rings (SSSR count). The van der Waals surface area contributed by atoms with E-state index in [2.05, 4.69) is 65.0 Å². The fourth-order valence-corrected chi connectivity index (χ4v) is 3.07. The maximum absolute atomic E-state index is 2.27. The van der Waals surface area contributed by atoms with Crippen LogP contribution >= 0.6 is 0 Å². The molecule has 0 atom stereocenters. The molecule has 1 aromatic carbocycles. The van der Waals surface area contributed by atoms with E-state index < -0.39 is 0 Å². The van der Waals surface area contributed by atoms with E-state index in [0.29, 0.717) is 0 Å². The van der Waals surface area contributed by atoms with Gasteiger partial charge < -0.3 is 0 Å². The SMILES string of the molecule is CCCCC1=C(c2ccccc2)C(=C(C)C)C1=C(C)C. The number of allylic oxidation sites excluding steroid dienone is 6. The summed E-state index contributed by atoms with van der Waals surface area (Å²) in [6.45, 7) is 11.2. The molecule has 1 aliphatic carbocycles. The van der Waals surface area contributed by atoms with E-state index in [9.17, 15) is 0 Å². The highest BCUT2D eigenvalue weighted by Gasteiger charge is 2.31. The highest BCUT2D eigenvalue weighted by atomic mass is 14.3. The van der Waals surface area contributed by atoms with Crippen molar-refractivity contribution in [2.75, 3.05) is 0 Å². The third kappa shape index (κ3) is 2.65. The first kappa shape index (κ1) is 14.8. The van der Waals surface area contributed by atoms with Crippen molar-refractivity contribution in [1.82, 2.24) is 0 Å². The third-order valence-corrected chi connectivity index (χ3v) is 3.95. The van der Waals surface area contributed by atoms with E-state index in [-0.39, 0.29) is 0 Å². The Balaban J connectivity index is 2.59. The largest absolute Gasteiger partial charge is 0.0683 e. The second kappa shape index (κ2) is 6.26. The molecule has 0 amide bonds. The van der Waals surface area contributed by atoms with Crippen LogP contribution in [0.4, 0.5) is 0 Å². The minimum Gasteiger partial charge on any atom is -0.0683 e. The van der Waals surface area contributed by atoms with Gasteiger partial charge >= 0.3 is 0 Å². The summed E-state index contributed by atoms with van der Waals surface area (Å²) in [6.07, 6.45) is 3.74. The van der Waals surface area contributed by atoms with Gasteiger partial charge in [-0.25, -0.2) is 0 Å². The van der Waals surface area contributed by atoms with Gasteiger partial charge in [-0.3, -0.25) is 0 Å². The smallest absolute Gasteiger partial charge is 0.00677 e.